The highest BCUT2D eigenvalue weighted by Gasteiger charge is 2.43. The number of carbonyl (C=O) groups excluding carboxylic acids is 4. The number of carbonyl (C=O) groups is 4. The summed E-state index contributed by atoms with van der Waals surface area (Å²) in [6.07, 6.45) is 3.37. The molecule has 13 nitrogen and oxygen atoms in total. The maximum absolute atomic E-state index is 14.6. The largest absolute Gasteiger partial charge is 0.399 e. The van der Waals surface area contributed by atoms with Crippen molar-refractivity contribution >= 4 is 40.7 Å². The van der Waals surface area contributed by atoms with Crippen molar-refractivity contribution in [2.45, 2.75) is 130 Å². The molecule has 4 N–H and O–H groups in total. The molecule has 0 aliphatic carbocycles. The molecule has 0 bridgehead atoms. The number of nitrogens with one attached hydrogen (secondary N) is 2. The van der Waals surface area contributed by atoms with Gasteiger partial charge in [-0.3, -0.25) is 24.1 Å². The van der Waals surface area contributed by atoms with Crippen molar-refractivity contribution in [2.24, 2.45) is 23.7 Å². The molecule has 1 fully saturated rings. The molecule has 1 aliphatic heterocycles. The normalized spacial score (nSPS) is 18.2. The van der Waals surface area contributed by atoms with Gasteiger partial charge in [0.1, 0.15) is 11.0 Å². The smallest absolute Gasteiger partial charge is 0.245 e. The number of ether oxygens (including phenoxy) is 2. The number of hydrogen-bond acceptors (Lipinski definition) is 10. The van der Waals surface area contributed by atoms with Gasteiger partial charge >= 0.3 is 0 Å². The minimum Gasteiger partial charge on any atom is -0.399 e. The molecule has 9 unspecified atom stereocenters. The Hall–Kier alpha value is -4.37. The van der Waals surface area contributed by atoms with Gasteiger partial charge in [0.2, 0.25) is 23.6 Å². The van der Waals surface area contributed by atoms with Crippen molar-refractivity contribution in [2.75, 3.05) is 40.6 Å². The standard InChI is InChI=1S/C48H73N7O6S/c1-12-32(6)43(54(9)48(59)41(30(2)3)52-46(58)42(31(4)5)53(8)29-35-20-16-21-36(49)26-35)39(60-10)28-40(56)55-24-17-22-38(55)44(61-11)33(7)45(57)51-37(47-50-23-25-62-47)27-34-18-14-13-15-19-34/h13-16,18-21,23,25-26,30-33,37-39,41-44H,12,17,22,24,27-29,49H2,1-11H3,(H,51,57)(H,52,58). The summed E-state index contributed by atoms with van der Waals surface area (Å²) < 4.78 is 12.2. The van der Waals surface area contributed by atoms with E-state index in [9.17, 15) is 19.2 Å². The fraction of sp³-hybridized carbons (Fsp3) is 0.604. The van der Waals surface area contributed by atoms with E-state index in [0.717, 1.165) is 29.0 Å². The van der Waals surface area contributed by atoms with Crippen molar-refractivity contribution in [3.63, 3.8) is 0 Å². The van der Waals surface area contributed by atoms with Gasteiger partial charge in [0.05, 0.1) is 48.7 Å². The Kier molecular flexibility index (Phi) is 19.4. The van der Waals surface area contributed by atoms with Crippen LogP contribution < -0.4 is 16.4 Å². The lowest BCUT2D eigenvalue weighted by molar-refractivity contribution is -0.148. The third-order valence-corrected chi connectivity index (χ3v) is 13.5. The lowest BCUT2D eigenvalue weighted by atomic mass is 9.89. The van der Waals surface area contributed by atoms with Gasteiger partial charge in [-0.1, -0.05) is 97.4 Å². The third-order valence-electron chi connectivity index (χ3n) is 12.6. The fourth-order valence-electron chi connectivity index (χ4n) is 9.13. The van der Waals surface area contributed by atoms with E-state index in [-0.39, 0.29) is 59.9 Å². The second kappa shape index (κ2) is 23.9. The molecule has 14 heteroatoms. The third kappa shape index (κ3) is 13.1. The summed E-state index contributed by atoms with van der Waals surface area (Å²) in [6.45, 7) is 14.9. The minimum absolute atomic E-state index is 0.0305. The average Bonchev–Trinajstić information content (AvgIpc) is 3.96. The van der Waals surface area contributed by atoms with Crippen LogP contribution >= 0.6 is 11.3 Å². The first kappa shape index (κ1) is 50.3. The van der Waals surface area contributed by atoms with Crippen molar-refractivity contribution in [1.29, 1.82) is 0 Å². The van der Waals surface area contributed by atoms with E-state index in [2.05, 4.69) is 29.5 Å². The highest BCUT2D eigenvalue weighted by molar-refractivity contribution is 7.09. The Bertz CT molecular complexity index is 1860. The summed E-state index contributed by atoms with van der Waals surface area (Å²) in [5.41, 5.74) is 8.78. The summed E-state index contributed by atoms with van der Waals surface area (Å²) in [7, 11) is 6.84. The number of benzene rings is 2. The Morgan fingerprint density at radius 1 is 0.919 bits per heavy atom. The van der Waals surface area contributed by atoms with Crippen LogP contribution in [-0.2, 0) is 41.6 Å². The highest BCUT2D eigenvalue weighted by atomic mass is 32.1. The molecular formula is C48H73N7O6S. The quantitative estimate of drug-likeness (QED) is 0.0925. The van der Waals surface area contributed by atoms with E-state index >= 15 is 0 Å². The van der Waals surface area contributed by atoms with Crippen LogP contribution in [0.5, 0.6) is 0 Å². The zero-order valence-corrected chi connectivity index (χ0v) is 39.7. The number of nitrogens with zero attached hydrogens (tertiary/aromatic N) is 4. The van der Waals surface area contributed by atoms with Crippen molar-refractivity contribution in [3.05, 3.63) is 82.3 Å². The number of likely N-dealkylation sites (N-methyl/N-ethyl adjacent to an activating group) is 2. The van der Waals surface area contributed by atoms with Crippen LogP contribution in [0.4, 0.5) is 5.69 Å². The first-order valence-electron chi connectivity index (χ1n) is 22.2. The van der Waals surface area contributed by atoms with Gasteiger partial charge in [-0.15, -0.1) is 11.3 Å². The summed E-state index contributed by atoms with van der Waals surface area (Å²) >= 11 is 1.50. The Labute approximate surface area is 374 Å². The van der Waals surface area contributed by atoms with Gasteiger partial charge in [-0.2, -0.15) is 0 Å². The van der Waals surface area contributed by atoms with E-state index in [1.807, 2.05) is 111 Å². The van der Waals surface area contributed by atoms with Gasteiger partial charge in [0, 0.05) is 51.6 Å². The van der Waals surface area contributed by atoms with Crippen LogP contribution in [0.2, 0.25) is 0 Å². The molecule has 0 saturated carbocycles. The molecule has 2 aromatic carbocycles. The number of rotatable bonds is 23. The maximum Gasteiger partial charge on any atom is 0.245 e. The maximum atomic E-state index is 14.6. The molecule has 2 heterocycles. The number of nitrogens with two attached hydrogens (primary N) is 1. The SMILES string of the molecule is CCC(C)C(C(CC(=O)N1CCCC1C(OC)C(C)C(=O)NC(Cc1ccccc1)c1nccs1)OC)N(C)C(=O)C(NC(=O)C(C(C)C)N(C)Cc1cccc(N)c1)C(C)C. The average molecular weight is 876 g/mol. The summed E-state index contributed by atoms with van der Waals surface area (Å²) in [4.78, 5) is 67.1. The summed E-state index contributed by atoms with van der Waals surface area (Å²) in [5, 5.41) is 9.10. The first-order chi connectivity index (χ1) is 29.5. The van der Waals surface area contributed by atoms with E-state index < -0.39 is 36.3 Å². The van der Waals surface area contributed by atoms with Crippen molar-refractivity contribution in [1.82, 2.24) is 30.3 Å². The molecule has 4 rings (SSSR count). The van der Waals surface area contributed by atoms with Gasteiger partial charge < -0.3 is 35.6 Å². The van der Waals surface area contributed by atoms with Gasteiger partial charge in [-0.05, 0) is 67.3 Å². The zero-order chi connectivity index (χ0) is 45.7. The van der Waals surface area contributed by atoms with E-state index in [1.54, 1.807) is 32.4 Å². The van der Waals surface area contributed by atoms with Crippen LogP contribution in [0.3, 0.4) is 0 Å². The minimum atomic E-state index is -0.810. The molecule has 4 amide bonds. The Balaban J connectivity index is 1.48. The molecular weight excluding hydrogens is 803 g/mol. The van der Waals surface area contributed by atoms with Crippen molar-refractivity contribution < 1.29 is 28.7 Å². The number of hydrogen-bond donors (Lipinski definition) is 3. The van der Waals surface area contributed by atoms with Crippen LogP contribution in [-0.4, -0.2) is 115 Å². The monoisotopic (exact) mass is 876 g/mol. The predicted molar refractivity (Wildman–Crippen MR) is 247 cm³/mol. The Morgan fingerprint density at radius 3 is 2.19 bits per heavy atom. The summed E-state index contributed by atoms with van der Waals surface area (Å²) in [5.74, 6) is -1.61. The molecule has 1 aliphatic rings. The number of likely N-dealkylation sites (tertiary alicyclic amines) is 1. The predicted octanol–water partition coefficient (Wildman–Crippen LogP) is 6.34. The van der Waals surface area contributed by atoms with Crippen molar-refractivity contribution in [3.8, 4) is 0 Å². The Morgan fingerprint density at radius 2 is 1.61 bits per heavy atom. The zero-order valence-electron chi connectivity index (χ0n) is 38.9. The summed E-state index contributed by atoms with van der Waals surface area (Å²) in [6, 6.07) is 15.2. The molecule has 342 valence electrons. The molecule has 1 aromatic heterocycles. The number of methoxy groups -OCH3 is 2. The van der Waals surface area contributed by atoms with Gasteiger partial charge in [-0.25, -0.2) is 4.98 Å². The van der Waals surface area contributed by atoms with Crippen LogP contribution in [0.15, 0.2) is 66.2 Å². The number of anilines is 1. The second-order valence-corrected chi connectivity index (χ2v) is 18.7. The van der Waals surface area contributed by atoms with Gasteiger partial charge in [0.15, 0.2) is 0 Å². The fourth-order valence-corrected chi connectivity index (χ4v) is 9.82. The van der Waals surface area contributed by atoms with E-state index in [1.165, 1.54) is 11.3 Å². The van der Waals surface area contributed by atoms with Gasteiger partial charge in [0.25, 0.3) is 0 Å². The van der Waals surface area contributed by atoms with E-state index in [4.69, 9.17) is 15.2 Å². The lowest BCUT2D eigenvalue weighted by Gasteiger charge is -2.41. The molecule has 0 radical (unpaired) electrons. The molecule has 9 atom stereocenters. The van der Waals surface area contributed by atoms with Crippen LogP contribution in [0.25, 0.3) is 0 Å². The number of amides is 4. The van der Waals surface area contributed by atoms with E-state index in [0.29, 0.717) is 31.6 Å². The number of nitrogen functional groups attached to an aromatic ring is 1. The number of aromatic nitrogens is 1. The number of thiazole rings is 1. The molecule has 1 saturated heterocycles. The molecule has 3 aromatic rings. The highest BCUT2D eigenvalue weighted by Crippen LogP contribution is 2.31. The molecule has 0 spiro atoms. The molecule has 62 heavy (non-hydrogen) atoms. The lowest BCUT2D eigenvalue weighted by Crippen LogP contribution is -2.60. The topological polar surface area (TPSA) is 159 Å². The van der Waals surface area contributed by atoms with Crippen LogP contribution in [0.1, 0.15) is 96.3 Å². The first-order valence-corrected chi connectivity index (χ1v) is 23.1. The van der Waals surface area contributed by atoms with Crippen LogP contribution in [0, 0.1) is 23.7 Å². The second-order valence-electron chi connectivity index (χ2n) is 17.8.